The number of hydrogen-bond acceptors (Lipinski definition) is 3. The van der Waals surface area contributed by atoms with Gasteiger partial charge in [-0.1, -0.05) is 6.07 Å². The van der Waals surface area contributed by atoms with Crippen molar-refractivity contribution in [2.45, 2.75) is 12.3 Å². The van der Waals surface area contributed by atoms with Crippen LogP contribution in [0.5, 0.6) is 5.75 Å². The van der Waals surface area contributed by atoms with Gasteiger partial charge in [0, 0.05) is 24.7 Å². The summed E-state index contributed by atoms with van der Waals surface area (Å²) in [6.07, 6.45) is 0.135. The molecule has 1 heterocycles. The molecule has 5 nitrogen and oxygen atoms in total. The molecule has 0 aliphatic carbocycles. The normalized spacial score (nSPS) is 17.3. The molecular formula is C12H14N2O3. The number of fused-ring (bicyclic) bond motifs is 1. The molecule has 0 bridgehead atoms. The maximum absolute atomic E-state index is 11.8. The van der Waals surface area contributed by atoms with Gasteiger partial charge >= 0.3 is 0 Å². The smallest absolute Gasteiger partial charge is 0.232 e. The van der Waals surface area contributed by atoms with Gasteiger partial charge in [-0.15, -0.1) is 0 Å². The third-order valence-corrected chi connectivity index (χ3v) is 2.88. The van der Waals surface area contributed by atoms with Crippen LogP contribution < -0.4 is 15.4 Å². The molecule has 5 heteroatoms. The Morgan fingerprint density at radius 2 is 2.29 bits per heavy atom. The van der Waals surface area contributed by atoms with Gasteiger partial charge in [0.05, 0.1) is 13.0 Å². The minimum Gasteiger partial charge on any atom is -0.496 e. The van der Waals surface area contributed by atoms with Crippen LogP contribution in [-0.2, 0) is 9.59 Å². The van der Waals surface area contributed by atoms with Crippen molar-refractivity contribution in [3.63, 3.8) is 0 Å². The molecule has 1 aliphatic heterocycles. The predicted octanol–water partition coefficient (Wildman–Crippen LogP) is 0.867. The third kappa shape index (κ3) is 1.95. The summed E-state index contributed by atoms with van der Waals surface area (Å²) in [4.78, 5) is 23.2. The van der Waals surface area contributed by atoms with Crippen LogP contribution in [0, 0.1) is 0 Å². The lowest BCUT2D eigenvalue weighted by molar-refractivity contribution is -0.124. The van der Waals surface area contributed by atoms with Crippen molar-refractivity contribution < 1.29 is 14.3 Å². The fraction of sp³-hybridized carbons (Fsp3) is 0.333. The van der Waals surface area contributed by atoms with Crippen molar-refractivity contribution in [2.24, 2.45) is 0 Å². The van der Waals surface area contributed by atoms with Crippen LogP contribution in [0.4, 0.5) is 5.69 Å². The Labute approximate surface area is 99.2 Å². The molecule has 17 heavy (non-hydrogen) atoms. The van der Waals surface area contributed by atoms with E-state index in [2.05, 4.69) is 10.6 Å². The van der Waals surface area contributed by atoms with E-state index in [9.17, 15) is 9.59 Å². The van der Waals surface area contributed by atoms with Crippen LogP contribution in [0.2, 0.25) is 0 Å². The average molecular weight is 234 g/mol. The summed E-state index contributed by atoms with van der Waals surface area (Å²) in [5.41, 5.74) is 1.49. The van der Waals surface area contributed by atoms with E-state index in [4.69, 9.17) is 4.74 Å². The van der Waals surface area contributed by atoms with Crippen LogP contribution >= 0.6 is 0 Å². The van der Waals surface area contributed by atoms with Crippen LogP contribution in [0.3, 0.4) is 0 Å². The van der Waals surface area contributed by atoms with Crippen molar-refractivity contribution in [1.82, 2.24) is 5.32 Å². The zero-order valence-corrected chi connectivity index (χ0v) is 9.74. The second-order valence-electron chi connectivity index (χ2n) is 3.84. The summed E-state index contributed by atoms with van der Waals surface area (Å²) in [5.74, 6) is -0.159. The average Bonchev–Trinajstić information content (AvgIpc) is 2.65. The molecule has 0 fully saturated rings. The molecule has 90 valence electrons. The molecule has 0 aromatic heterocycles. The number of anilines is 1. The lowest BCUT2D eigenvalue weighted by Crippen LogP contribution is -2.23. The van der Waals surface area contributed by atoms with Gasteiger partial charge in [-0.3, -0.25) is 9.59 Å². The van der Waals surface area contributed by atoms with Crippen molar-refractivity contribution in [2.75, 3.05) is 19.5 Å². The first kappa shape index (κ1) is 11.4. The van der Waals surface area contributed by atoms with Gasteiger partial charge in [-0.2, -0.15) is 0 Å². The lowest BCUT2D eigenvalue weighted by atomic mass is 9.96. The number of carbonyl (C=O) groups is 2. The Hall–Kier alpha value is -2.04. The zero-order chi connectivity index (χ0) is 12.4. The van der Waals surface area contributed by atoms with Gasteiger partial charge in [-0.25, -0.2) is 0 Å². The SMILES string of the molecule is CNC(=O)CC1C(=O)Nc2cccc(OC)c21. The van der Waals surface area contributed by atoms with E-state index in [0.717, 1.165) is 11.3 Å². The maximum Gasteiger partial charge on any atom is 0.232 e. The number of methoxy groups -OCH3 is 1. The second kappa shape index (κ2) is 4.45. The highest BCUT2D eigenvalue weighted by molar-refractivity contribution is 6.05. The number of rotatable bonds is 3. The molecule has 1 aromatic rings. The Morgan fingerprint density at radius 1 is 1.53 bits per heavy atom. The minimum atomic E-state index is -0.471. The summed E-state index contributed by atoms with van der Waals surface area (Å²) in [5, 5.41) is 5.27. The molecule has 2 N–H and O–H groups in total. The predicted molar refractivity (Wildman–Crippen MR) is 63.0 cm³/mol. The number of hydrogen-bond donors (Lipinski definition) is 2. The van der Waals surface area contributed by atoms with Crippen LogP contribution in [-0.4, -0.2) is 26.0 Å². The topological polar surface area (TPSA) is 67.4 Å². The van der Waals surface area contributed by atoms with Gasteiger partial charge in [0.15, 0.2) is 0 Å². The number of carbonyl (C=O) groups excluding carboxylic acids is 2. The standard InChI is InChI=1S/C12H14N2O3/c1-13-10(15)6-7-11-8(14-12(7)16)4-3-5-9(11)17-2/h3-5,7H,6H2,1-2H3,(H,13,15)(H,14,16). The molecule has 0 radical (unpaired) electrons. The summed E-state index contributed by atoms with van der Waals surface area (Å²) in [7, 11) is 3.10. The van der Waals surface area contributed by atoms with Crippen molar-refractivity contribution in [3.8, 4) is 5.75 Å². The van der Waals surface area contributed by atoms with E-state index < -0.39 is 5.92 Å². The molecule has 0 saturated carbocycles. The largest absolute Gasteiger partial charge is 0.496 e. The Balaban J connectivity index is 2.38. The molecule has 1 unspecified atom stereocenters. The highest BCUT2D eigenvalue weighted by Crippen LogP contribution is 2.40. The maximum atomic E-state index is 11.8. The lowest BCUT2D eigenvalue weighted by Gasteiger charge is -2.11. The van der Waals surface area contributed by atoms with E-state index in [-0.39, 0.29) is 18.2 Å². The number of benzene rings is 1. The third-order valence-electron chi connectivity index (χ3n) is 2.88. The van der Waals surface area contributed by atoms with E-state index in [1.54, 1.807) is 32.4 Å². The van der Waals surface area contributed by atoms with Crippen LogP contribution in [0.25, 0.3) is 0 Å². The highest BCUT2D eigenvalue weighted by atomic mass is 16.5. The van der Waals surface area contributed by atoms with E-state index >= 15 is 0 Å². The Morgan fingerprint density at radius 3 is 2.94 bits per heavy atom. The van der Waals surface area contributed by atoms with Crippen molar-refractivity contribution in [1.29, 1.82) is 0 Å². The Kier molecular flexibility index (Phi) is 2.99. The summed E-state index contributed by atoms with van der Waals surface area (Å²) in [6.45, 7) is 0. The van der Waals surface area contributed by atoms with E-state index in [1.807, 2.05) is 0 Å². The molecule has 2 rings (SSSR count). The van der Waals surface area contributed by atoms with Gasteiger partial charge in [0.1, 0.15) is 5.75 Å². The fourth-order valence-electron chi connectivity index (χ4n) is 2.02. The first-order chi connectivity index (χ1) is 8.17. The van der Waals surface area contributed by atoms with Crippen molar-refractivity contribution in [3.05, 3.63) is 23.8 Å². The van der Waals surface area contributed by atoms with Gasteiger partial charge < -0.3 is 15.4 Å². The van der Waals surface area contributed by atoms with Gasteiger partial charge in [0.2, 0.25) is 11.8 Å². The van der Waals surface area contributed by atoms with Crippen LogP contribution in [0.15, 0.2) is 18.2 Å². The number of nitrogens with one attached hydrogen (secondary N) is 2. The number of ether oxygens (including phenoxy) is 1. The summed E-state index contributed by atoms with van der Waals surface area (Å²) in [6, 6.07) is 5.40. The minimum absolute atomic E-state index is 0.135. The Bertz CT molecular complexity index is 471. The second-order valence-corrected chi connectivity index (χ2v) is 3.84. The van der Waals surface area contributed by atoms with Gasteiger partial charge in [0.25, 0.3) is 0 Å². The first-order valence-corrected chi connectivity index (χ1v) is 5.35. The quantitative estimate of drug-likeness (QED) is 0.815. The molecule has 0 saturated heterocycles. The fourth-order valence-corrected chi connectivity index (χ4v) is 2.02. The molecule has 1 atom stereocenters. The molecule has 1 aromatic carbocycles. The monoisotopic (exact) mass is 234 g/mol. The van der Waals surface area contributed by atoms with Gasteiger partial charge in [-0.05, 0) is 12.1 Å². The molecule has 1 aliphatic rings. The summed E-state index contributed by atoms with van der Waals surface area (Å²) >= 11 is 0. The zero-order valence-electron chi connectivity index (χ0n) is 9.74. The molecule has 0 spiro atoms. The molecule has 2 amide bonds. The molecular weight excluding hydrogens is 220 g/mol. The van der Waals surface area contributed by atoms with E-state index in [0.29, 0.717) is 5.75 Å². The first-order valence-electron chi connectivity index (χ1n) is 5.35. The van der Waals surface area contributed by atoms with Crippen LogP contribution in [0.1, 0.15) is 17.9 Å². The summed E-state index contributed by atoms with van der Waals surface area (Å²) < 4.78 is 5.23. The van der Waals surface area contributed by atoms with E-state index in [1.165, 1.54) is 0 Å². The highest BCUT2D eigenvalue weighted by Gasteiger charge is 2.34. The van der Waals surface area contributed by atoms with Crippen molar-refractivity contribution >= 4 is 17.5 Å². The number of amides is 2.